The maximum absolute atomic E-state index is 13.2. The molecule has 3 atom stereocenters. The summed E-state index contributed by atoms with van der Waals surface area (Å²) in [6, 6.07) is 0. The molecular formula is C11H13F5. The SMILES string of the molecule is FC(F)(F)CC(F)(F)CC1CC2C=CC1C2. The van der Waals surface area contributed by atoms with Crippen molar-refractivity contribution in [2.24, 2.45) is 17.8 Å². The smallest absolute Gasteiger partial charge is 0.207 e. The molecule has 0 aliphatic heterocycles. The topological polar surface area (TPSA) is 0 Å². The Morgan fingerprint density at radius 2 is 1.69 bits per heavy atom. The number of hydrogen-bond acceptors (Lipinski definition) is 0. The Kier molecular flexibility index (Phi) is 2.75. The summed E-state index contributed by atoms with van der Waals surface area (Å²) in [5.41, 5.74) is 0. The van der Waals surface area contributed by atoms with Crippen LogP contribution in [0.5, 0.6) is 0 Å². The van der Waals surface area contributed by atoms with E-state index in [1.807, 2.05) is 12.2 Å². The molecule has 1 fully saturated rings. The lowest BCUT2D eigenvalue weighted by molar-refractivity contribution is -0.192. The largest absolute Gasteiger partial charge is 0.394 e. The van der Waals surface area contributed by atoms with E-state index in [-0.39, 0.29) is 11.8 Å². The van der Waals surface area contributed by atoms with Gasteiger partial charge in [0.15, 0.2) is 0 Å². The third-order valence-corrected chi connectivity index (χ3v) is 3.44. The number of fused-ring (bicyclic) bond motifs is 2. The van der Waals surface area contributed by atoms with Crippen LogP contribution in [0.2, 0.25) is 0 Å². The van der Waals surface area contributed by atoms with Gasteiger partial charge in [-0.15, -0.1) is 0 Å². The predicted octanol–water partition coefficient (Wildman–Crippen LogP) is 4.18. The summed E-state index contributed by atoms with van der Waals surface area (Å²) in [5, 5.41) is 0. The van der Waals surface area contributed by atoms with E-state index in [1.54, 1.807) is 0 Å². The standard InChI is InChI=1S/C11H13F5/c12-10(13,6-11(14,15)16)5-9-4-7-1-2-8(9)3-7/h1-2,7-9H,3-6H2. The second-order valence-corrected chi connectivity index (χ2v) is 4.89. The lowest BCUT2D eigenvalue weighted by atomic mass is 9.87. The van der Waals surface area contributed by atoms with Gasteiger partial charge < -0.3 is 0 Å². The van der Waals surface area contributed by atoms with Crippen molar-refractivity contribution in [3.63, 3.8) is 0 Å². The van der Waals surface area contributed by atoms with Gasteiger partial charge in [0.25, 0.3) is 5.92 Å². The number of allylic oxidation sites excluding steroid dienone is 2. The molecule has 1 saturated carbocycles. The molecule has 0 amide bonds. The fourth-order valence-electron chi connectivity index (χ4n) is 2.88. The fraction of sp³-hybridized carbons (Fsp3) is 0.818. The van der Waals surface area contributed by atoms with E-state index in [4.69, 9.17) is 0 Å². The van der Waals surface area contributed by atoms with Crippen molar-refractivity contribution in [1.29, 1.82) is 0 Å². The minimum Gasteiger partial charge on any atom is -0.207 e. The summed E-state index contributed by atoms with van der Waals surface area (Å²) < 4.78 is 62.1. The first-order chi connectivity index (χ1) is 7.25. The van der Waals surface area contributed by atoms with Crippen molar-refractivity contribution >= 4 is 0 Å². The molecule has 0 aromatic heterocycles. The first-order valence-corrected chi connectivity index (χ1v) is 5.38. The summed E-state index contributed by atoms with van der Waals surface area (Å²) in [6.07, 6.45) is -2.07. The number of alkyl halides is 5. The van der Waals surface area contributed by atoms with Crippen LogP contribution in [0, 0.1) is 17.8 Å². The molecule has 0 N–H and O–H groups in total. The number of hydrogen-bond donors (Lipinski definition) is 0. The molecule has 16 heavy (non-hydrogen) atoms. The van der Waals surface area contributed by atoms with Crippen LogP contribution in [-0.4, -0.2) is 12.1 Å². The molecule has 0 spiro atoms. The zero-order valence-corrected chi connectivity index (χ0v) is 8.61. The number of rotatable bonds is 3. The Morgan fingerprint density at radius 3 is 2.12 bits per heavy atom. The van der Waals surface area contributed by atoms with E-state index >= 15 is 0 Å². The molecule has 0 saturated heterocycles. The Labute approximate surface area is 90.5 Å². The first-order valence-electron chi connectivity index (χ1n) is 5.38. The van der Waals surface area contributed by atoms with E-state index in [1.165, 1.54) is 0 Å². The molecule has 0 aromatic rings. The summed E-state index contributed by atoms with van der Waals surface area (Å²) in [5.74, 6) is -3.49. The van der Waals surface area contributed by atoms with E-state index in [9.17, 15) is 22.0 Å². The van der Waals surface area contributed by atoms with Crippen LogP contribution in [-0.2, 0) is 0 Å². The number of halogens is 5. The monoisotopic (exact) mass is 240 g/mol. The van der Waals surface area contributed by atoms with Gasteiger partial charge in [0.2, 0.25) is 0 Å². The van der Waals surface area contributed by atoms with Gasteiger partial charge in [0.05, 0.1) is 0 Å². The van der Waals surface area contributed by atoms with Crippen LogP contribution in [0.15, 0.2) is 12.2 Å². The van der Waals surface area contributed by atoms with Crippen molar-refractivity contribution in [3.05, 3.63) is 12.2 Å². The highest BCUT2D eigenvalue weighted by molar-refractivity contribution is 5.10. The average Bonchev–Trinajstić information content (AvgIpc) is 2.57. The Morgan fingerprint density at radius 1 is 1.00 bits per heavy atom. The summed E-state index contributed by atoms with van der Waals surface area (Å²) >= 11 is 0. The molecule has 5 heteroatoms. The van der Waals surface area contributed by atoms with Crippen LogP contribution >= 0.6 is 0 Å². The van der Waals surface area contributed by atoms with Crippen LogP contribution in [0.4, 0.5) is 22.0 Å². The van der Waals surface area contributed by atoms with E-state index < -0.39 is 24.9 Å². The molecule has 3 unspecified atom stereocenters. The maximum atomic E-state index is 13.2. The Balaban J connectivity index is 1.91. The Hall–Kier alpha value is -0.610. The summed E-state index contributed by atoms with van der Waals surface area (Å²) in [6.45, 7) is 0. The molecule has 0 nitrogen and oxygen atoms in total. The van der Waals surface area contributed by atoms with Gasteiger partial charge in [-0.3, -0.25) is 0 Å². The van der Waals surface area contributed by atoms with Gasteiger partial charge >= 0.3 is 6.18 Å². The quantitative estimate of drug-likeness (QED) is 0.513. The minimum atomic E-state index is -4.78. The first kappa shape index (κ1) is 11.9. The minimum absolute atomic E-state index is 0.0732. The van der Waals surface area contributed by atoms with Crippen molar-refractivity contribution in [1.82, 2.24) is 0 Å². The van der Waals surface area contributed by atoms with Crippen molar-refractivity contribution in [2.45, 2.75) is 37.8 Å². The van der Waals surface area contributed by atoms with Crippen molar-refractivity contribution < 1.29 is 22.0 Å². The van der Waals surface area contributed by atoms with Crippen LogP contribution in [0.25, 0.3) is 0 Å². The molecule has 0 aromatic carbocycles. The lowest BCUT2D eigenvalue weighted by Gasteiger charge is -2.25. The Bertz CT molecular complexity index is 291. The molecule has 0 radical (unpaired) electrons. The molecule has 0 heterocycles. The third-order valence-electron chi connectivity index (χ3n) is 3.44. The predicted molar refractivity (Wildman–Crippen MR) is 49.1 cm³/mol. The average molecular weight is 240 g/mol. The van der Waals surface area contributed by atoms with E-state index in [2.05, 4.69) is 0 Å². The van der Waals surface area contributed by atoms with E-state index in [0.29, 0.717) is 12.3 Å². The molecule has 2 bridgehead atoms. The van der Waals surface area contributed by atoms with Gasteiger partial charge in [-0.1, -0.05) is 12.2 Å². The summed E-state index contributed by atoms with van der Waals surface area (Å²) in [7, 11) is 0. The zero-order valence-electron chi connectivity index (χ0n) is 8.61. The molecular weight excluding hydrogens is 227 g/mol. The zero-order chi connectivity index (χ0) is 12.0. The summed E-state index contributed by atoms with van der Waals surface area (Å²) in [4.78, 5) is 0. The second-order valence-electron chi connectivity index (χ2n) is 4.89. The van der Waals surface area contributed by atoms with Gasteiger partial charge in [-0.2, -0.15) is 13.2 Å². The van der Waals surface area contributed by atoms with Crippen molar-refractivity contribution in [2.75, 3.05) is 0 Å². The third kappa shape index (κ3) is 2.74. The van der Waals surface area contributed by atoms with Gasteiger partial charge in [-0.05, 0) is 30.6 Å². The highest BCUT2D eigenvalue weighted by Crippen LogP contribution is 2.48. The molecule has 2 aliphatic rings. The van der Waals surface area contributed by atoms with Gasteiger partial charge in [-0.25, -0.2) is 8.78 Å². The normalized spacial score (nSPS) is 33.7. The molecule has 2 rings (SSSR count). The molecule has 92 valence electrons. The fourth-order valence-corrected chi connectivity index (χ4v) is 2.88. The van der Waals surface area contributed by atoms with Crippen molar-refractivity contribution in [3.8, 4) is 0 Å². The van der Waals surface area contributed by atoms with Gasteiger partial charge in [0, 0.05) is 6.42 Å². The van der Waals surface area contributed by atoms with Crippen LogP contribution < -0.4 is 0 Å². The van der Waals surface area contributed by atoms with Crippen LogP contribution in [0.3, 0.4) is 0 Å². The van der Waals surface area contributed by atoms with E-state index in [0.717, 1.165) is 6.42 Å². The highest BCUT2D eigenvalue weighted by atomic mass is 19.4. The lowest BCUT2D eigenvalue weighted by Crippen LogP contribution is -2.29. The second kappa shape index (κ2) is 3.70. The maximum Gasteiger partial charge on any atom is 0.394 e. The highest BCUT2D eigenvalue weighted by Gasteiger charge is 2.47. The van der Waals surface area contributed by atoms with Crippen LogP contribution in [0.1, 0.15) is 25.7 Å². The molecule has 2 aliphatic carbocycles. The van der Waals surface area contributed by atoms with Gasteiger partial charge in [0.1, 0.15) is 6.42 Å².